The summed E-state index contributed by atoms with van der Waals surface area (Å²) in [5.41, 5.74) is 3.08. The first-order valence-corrected chi connectivity index (χ1v) is 13.1. The van der Waals surface area contributed by atoms with Crippen molar-refractivity contribution in [2.24, 2.45) is 0 Å². The molecule has 1 aliphatic heterocycles. The number of aliphatic hydroxyl groups is 3. The molecule has 2 atom stereocenters. The highest BCUT2D eigenvalue weighted by atomic mass is 35.5. The molecule has 0 amide bonds. The van der Waals surface area contributed by atoms with Gasteiger partial charge in [-0.1, -0.05) is 23.7 Å². The molecule has 0 aliphatic carbocycles. The van der Waals surface area contributed by atoms with Crippen LogP contribution in [-0.4, -0.2) is 78.3 Å². The first-order chi connectivity index (χ1) is 18.6. The zero-order chi connectivity index (χ0) is 28.2. The quantitative estimate of drug-likeness (QED) is 0.230. The molecule has 5 rings (SSSR count). The summed E-state index contributed by atoms with van der Waals surface area (Å²) in [4.78, 5) is 23.7. The molecule has 2 aromatic heterocycles. The van der Waals surface area contributed by atoms with E-state index in [0.717, 1.165) is 27.6 Å². The van der Waals surface area contributed by atoms with Gasteiger partial charge in [-0.2, -0.15) is 0 Å². The number of nitrogens with zero attached hydrogens (tertiary/aromatic N) is 3. The second-order valence-electron chi connectivity index (χ2n) is 9.77. The van der Waals surface area contributed by atoms with Crippen LogP contribution in [0.2, 0.25) is 5.02 Å². The lowest BCUT2D eigenvalue weighted by Crippen LogP contribution is -2.47. The molecule has 1 aliphatic rings. The standard InChI is InChI=1S/C25H27ClN4O3.C3H6O3/c1-16-12-17-13-18(14-19(26)24(17)28-16)33-11-6-23(31)30-9-7-25(32,8-10-30)22-15-27-20-4-2-3-5-21(20)29-22;1-2(4)3(5)6/h2-5,12-15,23,28,31-32H,6-11H2,1H3;2,4H,1H3,(H,5,6). The number of fused-ring (bicyclic) bond motifs is 2. The van der Waals surface area contributed by atoms with Crippen molar-refractivity contribution in [2.75, 3.05) is 19.7 Å². The minimum absolute atomic E-state index is 0.364. The second kappa shape index (κ2) is 12.3. The van der Waals surface area contributed by atoms with E-state index in [4.69, 9.17) is 26.6 Å². The molecule has 0 bridgehead atoms. The number of likely N-dealkylation sites (tertiary alicyclic amines) is 1. The van der Waals surface area contributed by atoms with Gasteiger partial charge in [0, 0.05) is 36.7 Å². The topological polar surface area (TPSA) is 152 Å². The predicted octanol–water partition coefficient (Wildman–Crippen LogP) is 3.60. The monoisotopic (exact) mass is 556 g/mol. The zero-order valence-corrected chi connectivity index (χ0v) is 22.6. The predicted molar refractivity (Wildman–Crippen MR) is 148 cm³/mol. The number of rotatable bonds is 7. The van der Waals surface area contributed by atoms with E-state index in [0.29, 0.717) is 55.4 Å². The zero-order valence-electron chi connectivity index (χ0n) is 21.8. The third kappa shape index (κ3) is 7.03. The highest BCUT2D eigenvalue weighted by Crippen LogP contribution is 2.33. The lowest BCUT2D eigenvalue weighted by atomic mass is 9.88. The van der Waals surface area contributed by atoms with E-state index in [1.54, 1.807) is 12.3 Å². The van der Waals surface area contributed by atoms with Gasteiger partial charge in [-0.25, -0.2) is 9.78 Å². The fourth-order valence-corrected chi connectivity index (χ4v) is 4.76. The molecule has 39 heavy (non-hydrogen) atoms. The van der Waals surface area contributed by atoms with Crippen molar-refractivity contribution >= 4 is 39.5 Å². The highest BCUT2D eigenvalue weighted by molar-refractivity contribution is 6.35. The molecule has 11 heteroatoms. The van der Waals surface area contributed by atoms with Gasteiger partial charge < -0.3 is 30.1 Å². The maximum absolute atomic E-state index is 11.2. The number of nitrogens with one attached hydrogen (secondary N) is 1. The van der Waals surface area contributed by atoms with Crippen LogP contribution in [0.3, 0.4) is 0 Å². The molecule has 208 valence electrons. The second-order valence-corrected chi connectivity index (χ2v) is 10.2. The molecule has 1 saturated heterocycles. The van der Waals surface area contributed by atoms with Crippen LogP contribution in [0.5, 0.6) is 5.75 Å². The smallest absolute Gasteiger partial charge is 0.332 e. The molecule has 0 spiro atoms. The number of aliphatic hydroxyl groups excluding tert-OH is 2. The summed E-state index contributed by atoms with van der Waals surface area (Å²) in [6, 6.07) is 13.4. The number of halogens is 1. The van der Waals surface area contributed by atoms with Crippen LogP contribution < -0.4 is 4.74 Å². The van der Waals surface area contributed by atoms with Gasteiger partial charge in [-0.15, -0.1) is 0 Å². The van der Waals surface area contributed by atoms with Crippen LogP contribution in [0.25, 0.3) is 21.9 Å². The summed E-state index contributed by atoms with van der Waals surface area (Å²) in [6.07, 6.45) is 1.20. The molecule has 0 radical (unpaired) electrons. The number of carboxylic acid groups (broad SMARTS) is 1. The van der Waals surface area contributed by atoms with Gasteiger partial charge in [0.2, 0.25) is 0 Å². The van der Waals surface area contributed by atoms with Crippen LogP contribution in [0, 0.1) is 6.92 Å². The summed E-state index contributed by atoms with van der Waals surface area (Å²) in [7, 11) is 0. The highest BCUT2D eigenvalue weighted by Gasteiger charge is 2.37. The maximum atomic E-state index is 11.2. The fraction of sp³-hybridized carbons (Fsp3) is 0.393. The summed E-state index contributed by atoms with van der Waals surface area (Å²) in [5.74, 6) is -0.503. The van der Waals surface area contributed by atoms with Gasteiger partial charge in [0.25, 0.3) is 0 Å². The summed E-state index contributed by atoms with van der Waals surface area (Å²) in [6.45, 7) is 4.67. The number of aromatic nitrogens is 3. The lowest BCUT2D eigenvalue weighted by Gasteiger charge is -2.39. The number of H-pyrrole nitrogens is 1. The van der Waals surface area contributed by atoms with E-state index in [1.807, 2.05) is 48.2 Å². The van der Waals surface area contributed by atoms with E-state index in [-0.39, 0.29) is 0 Å². The molecule has 10 nitrogen and oxygen atoms in total. The number of para-hydroxylation sites is 2. The Balaban J connectivity index is 0.000000531. The molecular formula is C28H33ClN4O6. The van der Waals surface area contributed by atoms with E-state index < -0.39 is 23.9 Å². The number of carbonyl (C=O) groups is 1. The Hall–Kier alpha value is -3.28. The Bertz CT molecular complexity index is 1430. The normalized spacial score (nSPS) is 16.9. The van der Waals surface area contributed by atoms with Crippen LogP contribution >= 0.6 is 11.6 Å². The largest absolute Gasteiger partial charge is 0.493 e. The van der Waals surface area contributed by atoms with Gasteiger partial charge in [0.1, 0.15) is 23.7 Å². The molecule has 0 saturated carbocycles. The number of aromatic amines is 1. The van der Waals surface area contributed by atoms with E-state index in [1.165, 1.54) is 6.92 Å². The average Bonchev–Trinajstić information content (AvgIpc) is 3.30. The molecule has 3 heterocycles. The van der Waals surface area contributed by atoms with Gasteiger partial charge in [-0.3, -0.25) is 9.88 Å². The van der Waals surface area contributed by atoms with Crippen molar-refractivity contribution in [2.45, 2.75) is 51.0 Å². The van der Waals surface area contributed by atoms with Crippen molar-refractivity contribution in [1.82, 2.24) is 19.9 Å². The van der Waals surface area contributed by atoms with Crippen LogP contribution in [0.1, 0.15) is 37.6 Å². The average molecular weight is 557 g/mol. The molecule has 2 unspecified atom stereocenters. The van der Waals surface area contributed by atoms with Gasteiger partial charge in [0.15, 0.2) is 0 Å². The maximum Gasteiger partial charge on any atom is 0.332 e. The Morgan fingerprint density at radius 3 is 2.51 bits per heavy atom. The number of carboxylic acids is 1. The third-order valence-electron chi connectivity index (χ3n) is 6.76. The number of benzene rings is 2. The first kappa shape index (κ1) is 28.7. The Morgan fingerprint density at radius 1 is 1.18 bits per heavy atom. The van der Waals surface area contributed by atoms with E-state index in [2.05, 4.69) is 15.0 Å². The van der Waals surface area contributed by atoms with Crippen molar-refractivity contribution in [3.8, 4) is 5.75 Å². The minimum Gasteiger partial charge on any atom is -0.493 e. The number of hydrogen-bond acceptors (Lipinski definition) is 8. The lowest BCUT2D eigenvalue weighted by molar-refractivity contribution is -0.145. The van der Waals surface area contributed by atoms with E-state index in [9.17, 15) is 15.0 Å². The number of aryl methyl sites for hydroxylation is 1. The summed E-state index contributed by atoms with van der Waals surface area (Å²) in [5, 5.41) is 39.2. The molecule has 1 fully saturated rings. The molecule has 2 aromatic carbocycles. The van der Waals surface area contributed by atoms with Crippen LogP contribution in [0.15, 0.2) is 48.7 Å². The SMILES string of the molecule is CC(O)C(=O)O.Cc1cc2cc(OCCC(O)N3CCC(O)(c4cnc5ccccc5n4)CC3)cc(Cl)c2[nH]1. The number of aliphatic carboxylic acids is 1. The Labute approximate surface area is 230 Å². The van der Waals surface area contributed by atoms with E-state index >= 15 is 0 Å². The molecule has 4 aromatic rings. The number of piperidine rings is 1. The van der Waals surface area contributed by atoms with Crippen LogP contribution in [-0.2, 0) is 10.4 Å². The summed E-state index contributed by atoms with van der Waals surface area (Å²) < 4.78 is 5.86. The van der Waals surface area contributed by atoms with Crippen molar-refractivity contribution in [3.63, 3.8) is 0 Å². The van der Waals surface area contributed by atoms with Gasteiger partial charge >= 0.3 is 5.97 Å². The first-order valence-electron chi connectivity index (χ1n) is 12.7. The Morgan fingerprint density at radius 2 is 1.85 bits per heavy atom. The Kier molecular flexibility index (Phi) is 9.04. The number of ether oxygens (including phenoxy) is 1. The van der Waals surface area contributed by atoms with Gasteiger partial charge in [0.05, 0.1) is 40.1 Å². The number of hydrogen-bond donors (Lipinski definition) is 5. The minimum atomic E-state index is -1.23. The molecular weight excluding hydrogens is 524 g/mol. The fourth-order valence-electron chi connectivity index (χ4n) is 4.49. The van der Waals surface area contributed by atoms with Gasteiger partial charge in [-0.05, 0) is 51.0 Å². The van der Waals surface area contributed by atoms with Crippen molar-refractivity contribution in [3.05, 3.63) is 65.1 Å². The van der Waals surface area contributed by atoms with Crippen LogP contribution in [0.4, 0.5) is 0 Å². The summed E-state index contributed by atoms with van der Waals surface area (Å²) >= 11 is 6.35. The molecule has 5 N–H and O–H groups in total. The van der Waals surface area contributed by atoms with Crippen molar-refractivity contribution in [1.29, 1.82) is 0 Å². The third-order valence-corrected chi connectivity index (χ3v) is 7.06. The van der Waals surface area contributed by atoms with Crippen molar-refractivity contribution < 1.29 is 30.0 Å².